The van der Waals surface area contributed by atoms with E-state index in [0.29, 0.717) is 52.4 Å². The summed E-state index contributed by atoms with van der Waals surface area (Å²) in [7, 11) is 0. The Morgan fingerprint density at radius 3 is 2.73 bits per heavy atom. The first-order valence-electron chi connectivity index (χ1n) is 9.54. The number of anilines is 1. The van der Waals surface area contributed by atoms with E-state index in [-0.39, 0.29) is 5.91 Å². The number of nitrogens with one attached hydrogen (secondary N) is 2. The minimum atomic E-state index is -0.250. The Hall–Kier alpha value is -3.51. The van der Waals surface area contributed by atoms with Crippen molar-refractivity contribution in [3.05, 3.63) is 70.7 Å². The van der Waals surface area contributed by atoms with Crippen LogP contribution in [0.15, 0.2) is 54.6 Å². The first-order chi connectivity index (χ1) is 14.6. The molecule has 4 aromatic rings. The topological polar surface area (TPSA) is 76.2 Å². The van der Waals surface area contributed by atoms with Gasteiger partial charge < -0.3 is 19.8 Å². The fourth-order valence-corrected chi connectivity index (χ4v) is 3.62. The van der Waals surface area contributed by atoms with Crippen LogP contribution in [0.5, 0.6) is 11.5 Å². The van der Waals surface area contributed by atoms with Crippen LogP contribution in [0.3, 0.4) is 0 Å². The van der Waals surface area contributed by atoms with Gasteiger partial charge in [-0.05, 0) is 61.0 Å². The second-order valence-corrected chi connectivity index (χ2v) is 7.52. The minimum absolute atomic E-state index is 0.250. The maximum absolute atomic E-state index is 12.7. The zero-order valence-electron chi connectivity index (χ0n) is 16.2. The van der Waals surface area contributed by atoms with Gasteiger partial charge in [0.2, 0.25) is 0 Å². The molecule has 0 atom stereocenters. The number of ether oxygens (including phenoxy) is 2. The zero-order valence-corrected chi connectivity index (χ0v) is 16.9. The molecular formula is C23H18ClN3O3. The molecular weight excluding hydrogens is 402 g/mol. The number of fused-ring (bicyclic) bond motifs is 2. The fraction of sp³-hybridized carbons (Fsp3) is 0.130. The molecule has 1 amide bonds. The lowest BCUT2D eigenvalue weighted by Crippen LogP contribution is -2.17. The number of benzene rings is 3. The summed E-state index contributed by atoms with van der Waals surface area (Å²) in [6.45, 7) is 3.00. The summed E-state index contributed by atoms with van der Waals surface area (Å²) in [6, 6.07) is 16.5. The third kappa shape index (κ3) is 3.46. The van der Waals surface area contributed by atoms with Crippen LogP contribution >= 0.6 is 11.6 Å². The number of H-pyrrole nitrogens is 1. The molecule has 6 nitrogen and oxygen atoms in total. The third-order valence-electron chi connectivity index (χ3n) is 4.92. The summed E-state index contributed by atoms with van der Waals surface area (Å²) < 4.78 is 11.1. The lowest BCUT2D eigenvalue weighted by Gasteiger charge is -2.18. The molecule has 0 aliphatic carbocycles. The number of aromatic amines is 1. The van der Waals surface area contributed by atoms with E-state index in [1.165, 1.54) is 0 Å². The average molecular weight is 420 g/mol. The maximum Gasteiger partial charge on any atom is 0.255 e. The normalized spacial score (nSPS) is 12.7. The maximum atomic E-state index is 12.7. The number of carbonyl (C=O) groups excluding carboxylic acids is 1. The summed E-state index contributed by atoms with van der Waals surface area (Å²) in [6.07, 6.45) is 0. The molecule has 1 aliphatic rings. The molecule has 2 N–H and O–H groups in total. The molecule has 0 bridgehead atoms. The number of aromatic nitrogens is 2. The first-order valence-corrected chi connectivity index (χ1v) is 9.92. The van der Waals surface area contributed by atoms with Gasteiger partial charge in [0, 0.05) is 16.8 Å². The van der Waals surface area contributed by atoms with Crippen molar-refractivity contribution >= 4 is 34.2 Å². The highest BCUT2D eigenvalue weighted by molar-refractivity contribution is 6.33. The van der Waals surface area contributed by atoms with Crippen molar-refractivity contribution in [3.63, 3.8) is 0 Å². The van der Waals surface area contributed by atoms with Gasteiger partial charge in [0.1, 0.15) is 19.0 Å². The van der Waals surface area contributed by atoms with E-state index < -0.39 is 0 Å². The summed E-state index contributed by atoms with van der Waals surface area (Å²) >= 11 is 6.42. The lowest BCUT2D eigenvalue weighted by molar-refractivity contribution is 0.102. The Bertz CT molecular complexity index is 1280. The number of imidazole rings is 1. The molecule has 5 rings (SSSR count). The molecule has 0 saturated carbocycles. The highest BCUT2D eigenvalue weighted by atomic mass is 35.5. The van der Waals surface area contributed by atoms with E-state index in [1.807, 2.05) is 31.2 Å². The van der Waals surface area contributed by atoms with E-state index >= 15 is 0 Å². The van der Waals surface area contributed by atoms with Crippen molar-refractivity contribution in [2.75, 3.05) is 18.5 Å². The van der Waals surface area contributed by atoms with E-state index in [2.05, 4.69) is 15.3 Å². The average Bonchev–Trinajstić information content (AvgIpc) is 3.17. The monoisotopic (exact) mass is 419 g/mol. The summed E-state index contributed by atoms with van der Waals surface area (Å²) in [5, 5.41) is 3.45. The van der Waals surface area contributed by atoms with Gasteiger partial charge in [-0.3, -0.25) is 4.79 Å². The molecule has 0 spiro atoms. The van der Waals surface area contributed by atoms with Crippen LogP contribution < -0.4 is 14.8 Å². The highest BCUT2D eigenvalue weighted by Crippen LogP contribution is 2.32. The number of aryl methyl sites for hydroxylation is 1. The number of hydrogen-bond donors (Lipinski definition) is 2. The van der Waals surface area contributed by atoms with Crippen molar-refractivity contribution in [2.45, 2.75) is 6.92 Å². The first kappa shape index (κ1) is 18.5. The van der Waals surface area contributed by atoms with Crippen LogP contribution in [0.2, 0.25) is 5.02 Å². The Kier molecular flexibility index (Phi) is 4.56. The molecule has 1 aliphatic heterocycles. The van der Waals surface area contributed by atoms with E-state index in [0.717, 1.165) is 16.6 Å². The largest absolute Gasteiger partial charge is 0.486 e. The van der Waals surface area contributed by atoms with Gasteiger partial charge in [-0.2, -0.15) is 0 Å². The van der Waals surface area contributed by atoms with Gasteiger partial charge in [0.25, 0.3) is 5.91 Å². The van der Waals surface area contributed by atoms with Gasteiger partial charge in [-0.15, -0.1) is 0 Å². The highest BCUT2D eigenvalue weighted by Gasteiger charge is 2.16. The number of carbonyl (C=O) groups is 1. The molecule has 150 valence electrons. The van der Waals surface area contributed by atoms with Crippen LogP contribution in [0, 0.1) is 6.92 Å². The Labute approximate surface area is 177 Å². The second-order valence-electron chi connectivity index (χ2n) is 7.11. The molecule has 2 heterocycles. The smallest absolute Gasteiger partial charge is 0.255 e. The molecule has 7 heteroatoms. The summed E-state index contributed by atoms with van der Waals surface area (Å²) in [4.78, 5) is 20.7. The molecule has 3 aromatic carbocycles. The SMILES string of the molecule is Cc1ccc2[nH]c(-c3cc(NC(=O)c4ccc5c(c4)OCCO5)ccc3Cl)nc2c1. The van der Waals surface area contributed by atoms with E-state index in [4.69, 9.17) is 21.1 Å². The quantitative estimate of drug-likeness (QED) is 0.477. The van der Waals surface area contributed by atoms with Crippen molar-refractivity contribution in [3.8, 4) is 22.9 Å². The summed E-state index contributed by atoms with van der Waals surface area (Å²) in [5.41, 5.74) is 4.74. The predicted octanol–water partition coefficient (Wildman–Crippen LogP) is 5.22. The Balaban J connectivity index is 1.43. The number of hydrogen-bond acceptors (Lipinski definition) is 4. The fourth-order valence-electron chi connectivity index (χ4n) is 3.42. The van der Waals surface area contributed by atoms with Crippen molar-refractivity contribution in [2.24, 2.45) is 0 Å². The Morgan fingerprint density at radius 1 is 1.03 bits per heavy atom. The van der Waals surface area contributed by atoms with Crippen LogP contribution in [0.4, 0.5) is 5.69 Å². The number of rotatable bonds is 3. The van der Waals surface area contributed by atoms with Gasteiger partial charge >= 0.3 is 0 Å². The molecule has 0 saturated heterocycles. The van der Waals surface area contributed by atoms with Gasteiger partial charge in [-0.25, -0.2) is 4.98 Å². The van der Waals surface area contributed by atoms with Gasteiger partial charge in [-0.1, -0.05) is 17.7 Å². The van der Waals surface area contributed by atoms with Crippen LogP contribution in [0.25, 0.3) is 22.4 Å². The number of halogens is 1. The Morgan fingerprint density at radius 2 is 1.87 bits per heavy atom. The lowest BCUT2D eigenvalue weighted by atomic mass is 10.1. The van der Waals surface area contributed by atoms with E-state index in [9.17, 15) is 4.79 Å². The zero-order chi connectivity index (χ0) is 20.7. The van der Waals surface area contributed by atoms with Crippen molar-refractivity contribution in [1.29, 1.82) is 0 Å². The molecule has 0 unspecified atom stereocenters. The second kappa shape index (κ2) is 7.39. The minimum Gasteiger partial charge on any atom is -0.486 e. The van der Waals surface area contributed by atoms with Crippen molar-refractivity contribution in [1.82, 2.24) is 9.97 Å². The molecule has 0 radical (unpaired) electrons. The van der Waals surface area contributed by atoms with Crippen LogP contribution in [0.1, 0.15) is 15.9 Å². The number of nitrogens with zero attached hydrogens (tertiary/aromatic N) is 1. The van der Waals surface area contributed by atoms with Crippen LogP contribution in [-0.4, -0.2) is 29.1 Å². The standard InChI is InChI=1S/C23H18ClN3O3/c1-13-2-6-18-19(10-13)27-22(26-18)16-12-15(4-5-17(16)24)25-23(28)14-3-7-20-21(11-14)30-9-8-29-20/h2-7,10-12H,8-9H2,1H3,(H,25,28)(H,26,27). The van der Waals surface area contributed by atoms with Crippen LogP contribution in [-0.2, 0) is 0 Å². The molecule has 30 heavy (non-hydrogen) atoms. The van der Waals surface area contributed by atoms with Gasteiger partial charge in [0.15, 0.2) is 11.5 Å². The molecule has 0 fully saturated rings. The predicted molar refractivity (Wildman–Crippen MR) is 117 cm³/mol. The van der Waals surface area contributed by atoms with Gasteiger partial charge in [0.05, 0.1) is 16.1 Å². The third-order valence-corrected chi connectivity index (χ3v) is 5.25. The summed E-state index contributed by atoms with van der Waals surface area (Å²) in [5.74, 6) is 1.62. The van der Waals surface area contributed by atoms with E-state index in [1.54, 1.807) is 30.3 Å². The molecule has 1 aromatic heterocycles. The number of amides is 1. The van der Waals surface area contributed by atoms with Crippen molar-refractivity contribution < 1.29 is 14.3 Å².